The fourth-order valence-electron chi connectivity index (χ4n) is 6.28. The molecule has 10 heterocycles. The van der Waals surface area contributed by atoms with Crippen LogP contribution in [0.15, 0.2) is 201 Å². The molecule has 101 heavy (non-hydrogen) atoms. The number of H-pyrrole nitrogens is 1. The molecule has 26 heteroatoms. The fourth-order valence-corrected chi connectivity index (χ4v) is 6.28. The van der Waals surface area contributed by atoms with Crippen LogP contribution in [0.5, 0.6) is 0 Å². The number of nitrogens with zero attached hydrogens (tertiary/aromatic N) is 24. The first-order valence-electron chi connectivity index (χ1n) is 34.6. The zero-order valence-corrected chi connectivity index (χ0v) is 66.6. The third-order valence-electron chi connectivity index (χ3n) is 10.4. The number of hydrogen-bond acceptors (Lipinski definition) is 19. The van der Waals surface area contributed by atoms with Crippen LogP contribution < -0.4 is 5.69 Å². The van der Waals surface area contributed by atoms with Gasteiger partial charge in [-0.1, -0.05) is 205 Å². The second-order valence-electron chi connectivity index (χ2n) is 16.9. The Morgan fingerprint density at radius 3 is 1.29 bits per heavy atom. The van der Waals surface area contributed by atoms with E-state index in [2.05, 4.69) is 182 Å². The Morgan fingerprint density at radius 1 is 0.376 bits per heavy atom. The van der Waals surface area contributed by atoms with Crippen LogP contribution in [0.1, 0.15) is 161 Å². The fraction of sp³-hybridized carbons (Fsp3) is 0.400. The molecular weight excluding hydrogens is 1270 g/mol. The molecule has 0 aliphatic carbocycles. The van der Waals surface area contributed by atoms with Crippen LogP contribution in [-0.2, 0) is 42.3 Å². The molecule has 0 atom stereocenters. The SMILES string of the molecule is CC.CC.CC.CC.CC.CC.CC.CC.CC.CC.Cc1ccncc1.Cc1cnc2ccccc2c1.Cc1cnncn1.Cc1ncncn1.Cn1ccc2ccccc21.Cn1cnc2ccccc21.Cn1cnnn1.Cn1ncc2ccccc21.Cn1ncnn1.Cn1nn[nH]c1=O. The molecule has 0 spiro atoms. The Morgan fingerprint density at radius 2 is 0.911 bits per heavy atom. The highest BCUT2D eigenvalue weighted by molar-refractivity contribution is 5.80. The molecule has 0 fully saturated rings. The van der Waals surface area contributed by atoms with Crippen molar-refractivity contribution in [2.45, 2.75) is 166 Å². The number of para-hydroxylation sites is 5. The number of pyridine rings is 2. The Kier molecular flexibility index (Phi) is 73.2. The van der Waals surface area contributed by atoms with Gasteiger partial charge in [0.25, 0.3) is 0 Å². The first-order chi connectivity index (χ1) is 49.3. The number of aromatic nitrogens is 25. The lowest BCUT2D eigenvalue weighted by atomic mass is 10.2. The van der Waals surface area contributed by atoms with Crippen LogP contribution in [0.2, 0.25) is 0 Å². The molecule has 554 valence electrons. The summed E-state index contributed by atoms with van der Waals surface area (Å²) in [5, 5.41) is 44.2. The van der Waals surface area contributed by atoms with Gasteiger partial charge in [0.05, 0.1) is 53.5 Å². The molecule has 0 saturated heterocycles. The quantitative estimate of drug-likeness (QED) is 0.147. The lowest BCUT2D eigenvalue weighted by Gasteiger charge is -1.95. The van der Waals surface area contributed by atoms with Gasteiger partial charge in [-0.15, -0.1) is 20.4 Å². The van der Waals surface area contributed by atoms with Crippen LogP contribution >= 0.6 is 0 Å². The number of rotatable bonds is 0. The van der Waals surface area contributed by atoms with Crippen molar-refractivity contribution in [2.24, 2.45) is 42.3 Å². The smallest absolute Gasteiger partial charge is 0.351 e. The van der Waals surface area contributed by atoms with Crippen molar-refractivity contribution in [1.82, 2.24) is 125 Å². The van der Waals surface area contributed by atoms with Crippen LogP contribution in [-0.4, -0.2) is 125 Å². The minimum absolute atomic E-state index is 0.292. The molecule has 0 saturated carbocycles. The Balaban J connectivity index is -0.000000243. The number of aromatic amines is 1. The summed E-state index contributed by atoms with van der Waals surface area (Å²) in [6.45, 7) is 47.8. The van der Waals surface area contributed by atoms with E-state index in [4.69, 9.17) is 0 Å². The van der Waals surface area contributed by atoms with Crippen LogP contribution in [0.4, 0.5) is 0 Å². The highest BCUT2D eigenvalue weighted by Gasteiger charge is 1.96. The largest absolute Gasteiger partial charge is 0.360 e. The average Bonchev–Trinajstić information content (AvgIpc) is 1.68. The van der Waals surface area contributed by atoms with E-state index in [-0.39, 0.29) is 5.69 Å². The van der Waals surface area contributed by atoms with Gasteiger partial charge < -0.3 is 9.13 Å². The summed E-state index contributed by atoms with van der Waals surface area (Å²) < 4.78 is 8.64. The van der Waals surface area contributed by atoms with Gasteiger partial charge in [-0.25, -0.2) is 39.5 Å². The third kappa shape index (κ3) is 49.2. The molecular formula is C75H123N25O. The van der Waals surface area contributed by atoms with Crippen molar-refractivity contribution >= 4 is 43.7 Å². The molecule has 0 aliphatic heterocycles. The van der Waals surface area contributed by atoms with Crippen LogP contribution in [0.25, 0.3) is 43.7 Å². The van der Waals surface area contributed by atoms with Crippen molar-refractivity contribution in [1.29, 1.82) is 0 Å². The van der Waals surface area contributed by atoms with E-state index in [0.717, 1.165) is 27.2 Å². The summed E-state index contributed by atoms with van der Waals surface area (Å²) in [4.78, 5) is 38.8. The number of nitrogens with one attached hydrogen (secondary N) is 1. The van der Waals surface area contributed by atoms with Gasteiger partial charge >= 0.3 is 5.69 Å². The number of tetrazole rings is 3. The summed E-state index contributed by atoms with van der Waals surface area (Å²) in [7, 11) is 11.0. The lowest BCUT2D eigenvalue weighted by Crippen LogP contribution is -2.13. The molecule has 1 N–H and O–H groups in total. The van der Waals surface area contributed by atoms with Gasteiger partial charge in [-0.2, -0.15) is 19.7 Å². The van der Waals surface area contributed by atoms with E-state index in [1.807, 2.05) is 262 Å². The van der Waals surface area contributed by atoms with Gasteiger partial charge in [0, 0.05) is 76.3 Å². The second-order valence-corrected chi connectivity index (χ2v) is 16.9. The summed E-state index contributed by atoms with van der Waals surface area (Å²) in [5.74, 6) is 0.759. The molecule has 0 radical (unpaired) electrons. The number of benzene rings is 4. The molecule has 10 aromatic heterocycles. The third-order valence-corrected chi connectivity index (χ3v) is 10.4. The number of fused-ring (bicyclic) bond motifs is 4. The maximum Gasteiger partial charge on any atom is 0.360 e. The van der Waals surface area contributed by atoms with Crippen molar-refractivity contribution in [2.75, 3.05) is 0 Å². The molecule has 14 aromatic rings. The van der Waals surface area contributed by atoms with Crippen molar-refractivity contribution in [3.8, 4) is 0 Å². The van der Waals surface area contributed by atoms with Crippen molar-refractivity contribution in [3.63, 3.8) is 0 Å². The van der Waals surface area contributed by atoms with E-state index in [9.17, 15) is 4.79 Å². The summed E-state index contributed by atoms with van der Waals surface area (Å²) >= 11 is 0. The first kappa shape index (κ1) is 101. The van der Waals surface area contributed by atoms with Crippen molar-refractivity contribution < 1.29 is 0 Å². The topological polar surface area (TPSA) is 294 Å². The minimum Gasteiger partial charge on any atom is -0.351 e. The Labute approximate surface area is 603 Å². The lowest BCUT2D eigenvalue weighted by molar-refractivity contribution is 0.630. The zero-order valence-electron chi connectivity index (χ0n) is 66.6. The van der Waals surface area contributed by atoms with Gasteiger partial charge in [0.15, 0.2) is 6.33 Å². The molecule has 0 amide bonds. The summed E-state index contributed by atoms with van der Waals surface area (Å²) in [6, 6.07) is 40.9. The first-order valence-corrected chi connectivity index (χ1v) is 34.6. The predicted octanol–water partition coefficient (Wildman–Crippen LogP) is 16.8. The maximum atomic E-state index is 10.2. The van der Waals surface area contributed by atoms with Gasteiger partial charge in [-0.05, 0) is 125 Å². The number of hydrogen-bond donors (Lipinski definition) is 1. The Bertz CT molecular complexity index is 3650. The van der Waals surface area contributed by atoms with Gasteiger partial charge in [0.2, 0.25) is 0 Å². The highest BCUT2D eigenvalue weighted by atomic mass is 16.2. The van der Waals surface area contributed by atoms with Gasteiger partial charge in [0.1, 0.15) is 31.1 Å². The summed E-state index contributed by atoms with van der Waals surface area (Å²) in [6.07, 6.45) is 20.1. The maximum absolute atomic E-state index is 10.2. The predicted molar refractivity (Wildman–Crippen MR) is 422 cm³/mol. The molecule has 4 aromatic carbocycles. The molecule has 0 unspecified atom stereocenters. The van der Waals surface area contributed by atoms with E-state index in [0.29, 0.717) is 0 Å². The normalized spacial score (nSPS) is 8.34. The monoisotopic (exact) mass is 1390 g/mol. The molecule has 0 bridgehead atoms. The minimum atomic E-state index is -0.292. The second kappa shape index (κ2) is 73.2. The standard InChI is InChI=1S/C10H9N.C9H9N.2C8H8N2.C6H7N.2C4H5N3.C2H4N4O.2C2H4N4.10C2H6/c1-8-6-9-4-2-3-5-10(9)11-7-8;1-10-7-6-8-4-2-3-5-9(8)10;1-10-6-9-7-4-2-3-5-8(7)10;1-10-8-5-3-2-4-7(8)6-9-10;1-6-2-4-7-5-3-6;1-4-6-2-5-3-7-4;1-4-2-6-7-3-5-4;1-6-2(7)3-4-5-6;1-6-2-3-4-5-6;1-6-4-2-3-5-6;10*1-2/h2-7H,1H3;2-7H,1H3;2*2-6H,1H3;2-5H,1H3;2*2-3H,1H3;1H3,(H,3,5,7);2*2H,1H3;10*1-2H3. The number of aryl methyl sites for hydroxylation is 10. The zero-order chi connectivity index (χ0) is 78.0. The molecule has 26 nitrogen and oxygen atoms in total. The van der Waals surface area contributed by atoms with Crippen molar-refractivity contribution in [3.05, 3.63) is 230 Å². The van der Waals surface area contributed by atoms with E-state index in [1.165, 1.54) is 92.0 Å². The summed E-state index contributed by atoms with van der Waals surface area (Å²) in [5.41, 5.74) is 8.87. The van der Waals surface area contributed by atoms with Crippen LogP contribution in [0.3, 0.4) is 0 Å². The van der Waals surface area contributed by atoms with E-state index < -0.39 is 0 Å². The van der Waals surface area contributed by atoms with Gasteiger partial charge in [-0.3, -0.25) is 14.6 Å². The average molecular weight is 1390 g/mol. The Hall–Kier alpha value is -11.0. The van der Waals surface area contributed by atoms with Crippen LogP contribution in [0, 0.1) is 27.7 Å². The number of imidazole rings is 1. The highest BCUT2D eigenvalue weighted by Crippen LogP contribution is 2.14. The van der Waals surface area contributed by atoms with E-state index in [1.54, 1.807) is 32.7 Å². The van der Waals surface area contributed by atoms with E-state index >= 15 is 0 Å². The molecule has 0 aliphatic rings. The molecule has 14 rings (SSSR count).